The number of carbonyl (C=O) groups excluding carboxylic acids is 1. The smallest absolute Gasteiger partial charge is 0.319 e. The van der Waals surface area contributed by atoms with Crippen molar-refractivity contribution in [2.45, 2.75) is 57.2 Å². The van der Waals surface area contributed by atoms with E-state index in [0.717, 1.165) is 0 Å². The lowest BCUT2D eigenvalue weighted by Crippen LogP contribution is -2.53. The molecule has 0 aromatic carbocycles. The van der Waals surface area contributed by atoms with E-state index < -0.39 is 60.6 Å². The summed E-state index contributed by atoms with van der Waals surface area (Å²) in [6.07, 6.45) is -7.05. The molecule has 126 valence electrons. The van der Waals surface area contributed by atoms with E-state index in [9.17, 15) is 28.2 Å². The lowest BCUT2D eigenvalue weighted by Gasteiger charge is -2.39. The third kappa shape index (κ3) is 3.61. The molecule has 6 atom stereocenters. The summed E-state index contributed by atoms with van der Waals surface area (Å²) in [6.45, 7) is 2.83. The lowest BCUT2D eigenvalue weighted by atomic mass is 9.83. The SMILES string of the molecule is CC1(C)OC(=O)C([C@H](O)CC2C[C@H](F)C(F)=C[C@@H]2F)[C@H](O)O1. The molecular formula is C14H19F3O5. The fourth-order valence-corrected chi connectivity index (χ4v) is 2.75. The highest BCUT2D eigenvalue weighted by molar-refractivity contribution is 5.74. The number of alkyl halides is 2. The Morgan fingerprint density at radius 1 is 1.45 bits per heavy atom. The maximum Gasteiger partial charge on any atom is 0.319 e. The second kappa shape index (κ2) is 6.17. The van der Waals surface area contributed by atoms with Crippen molar-refractivity contribution in [3.8, 4) is 0 Å². The van der Waals surface area contributed by atoms with Gasteiger partial charge < -0.3 is 19.7 Å². The molecule has 2 N–H and O–H groups in total. The molecular weight excluding hydrogens is 305 g/mol. The van der Waals surface area contributed by atoms with Gasteiger partial charge >= 0.3 is 5.97 Å². The van der Waals surface area contributed by atoms with Gasteiger partial charge in [0, 0.05) is 13.8 Å². The third-order valence-electron chi connectivity index (χ3n) is 3.87. The van der Waals surface area contributed by atoms with Gasteiger partial charge in [0.1, 0.15) is 17.9 Å². The number of carbonyl (C=O) groups is 1. The summed E-state index contributed by atoms with van der Waals surface area (Å²) < 4.78 is 49.9. The molecule has 5 nitrogen and oxygen atoms in total. The molecule has 1 fully saturated rings. The van der Waals surface area contributed by atoms with Crippen LogP contribution >= 0.6 is 0 Å². The Morgan fingerprint density at radius 2 is 2.09 bits per heavy atom. The molecule has 1 aliphatic carbocycles. The van der Waals surface area contributed by atoms with Crippen LogP contribution < -0.4 is 0 Å². The molecule has 1 saturated heterocycles. The molecule has 22 heavy (non-hydrogen) atoms. The van der Waals surface area contributed by atoms with E-state index in [1.807, 2.05) is 0 Å². The zero-order valence-electron chi connectivity index (χ0n) is 12.2. The highest BCUT2D eigenvalue weighted by Crippen LogP contribution is 2.35. The standard InChI is InChI=1S/C14H19F3O5/c1-14(2)21-12(19)11(13(20)22-14)10(18)4-6-3-8(16)9(17)5-7(6)15/h5-8,10-12,18-19H,3-4H2,1-2H3/t6?,7-,8-,10+,11?,12+/m0/s1. The van der Waals surface area contributed by atoms with Crippen molar-refractivity contribution < 1.29 is 37.7 Å². The molecule has 1 aliphatic heterocycles. The second-order valence-electron chi connectivity index (χ2n) is 6.12. The monoisotopic (exact) mass is 324 g/mol. The van der Waals surface area contributed by atoms with Crippen molar-refractivity contribution in [1.29, 1.82) is 0 Å². The number of hydrogen-bond donors (Lipinski definition) is 2. The van der Waals surface area contributed by atoms with Crippen LogP contribution in [0.15, 0.2) is 11.9 Å². The van der Waals surface area contributed by atoms with Gasteiger partial charge in [-0.25, -0.2) is 13.2 Å². The van der Waals surface area contributed by atoms with Gasteiger partial charge in [0.05, 0.1) is 6.10 Å². The number of halogens is 3. The summed E-state index contributed by atoms with van der Waals surface area (Å²) in [5.74, 6) is -5.81. The van der Waals surface area contributed by atoms with Gasteiger partial charge in [0.2, 0.25) is 5.79 Å². The van der Waals surface area contributed by atoms with Crippen molar-refractivity contribution in [3.63, 3.8) is 0 Å². The van der Waals surface area contributed by atoms with E-state index in [1.54, 1.807) is 0 Å². The zero-order chi connectivity index (χ0) is 16.7. The van der Waals surface area contributed by atoms with E-state index >= 15 is 0 Å². The molecule has 0 bridgehead atoms. The highest BCUT2D eigenvalue weighted by Gasteiger charge is 2.47. The van der Waals surface area contributed by atoms with Crippen LogP contribution in [0.5, 0.6) is 0 Å². The molecule has 1 heterocycles. The minimum Gasteiger partial charge on any atom is -0.433 e. The molecule has 2 rings (SSSR count). The van der Waals surface area contributed by atoms with E-state index in [2.05, 4.69) is 0 Å². The molecule has 0 radical (unpaired) electrons. The van der Waals surface area contributed by atoms with Crippen molar-refractivity contribution in [2.24, 2.45) is 11.8 Å². The van der Waals surface area contributed by atoms with Gasteiger partial charge in [-0.2, -0.15) is 0 Å². The summed E-state index contributed by atoms with van der Waals surface area (Å²) >= 11 is 0. The fraction of sp³-hybridized carbons (Fsp3) is 0.786. The predicted molar refractivity (Wildman–Crippen MR) is 68.5 cm³/mol. The zero-order valence-corrected chi connectivity index (χ0v) is 12.2. The molecule has 0 saturated carbocycles. The first-order chi connectivity index (χ1) is 10.1. The third-order valence-corrected chi connectivity index (χ3v) is 3.87. The highest BCUT2D eigenvalue weighted by atomic mass is 19.2. The molecule has 2 unspecified atom stereocenters. The maximum absolute atomic E-state index is 13.7. The van der Waals surface area contributed by atoms with E-state index in [0.29, 0.717) is 6.08 Å². The number of rotatable bonds is 3. The fourth-order valence-electron chi connectivity index (χ4n) is 2.75. The topological polar surface area (TPSA) is 76.0 Å². The largest absolute Gasteiger partial charge is 0.433 e. The van der Waals surface area contributed by atoms with Crippen LogP contribution in [0.3, 0.4) is 0 Å². The Balaban J connectivity index is 2.03. The Morgan fingerprint density at radius 3 is 2.68 bits per heavy atom. The van der Waals surface area contributed by atoms with Crippen molar-refractivity contribution in [1.82, 2.24) is 0 Å². The summed E-state index contributed by atoms with van der Waals surface area (Å²) in [7, 11) is 0. The van der Waals surface area contributed by atoms with Gasteiger partial charge in [-0.3, -0.25) is 4.79 Å². The Hall–Kier alpha value is -1.12. The molecule has 8 heteroatoms. The van der Waals surface area contributed by atoms with Crippen molar-refractivity contribution >= 4 is 5.97 Å². The van der Waals surface area contributed by atoms with Crippen LogP contribution in [0.4, 0.5) is 13.2 Å². The Labute approximate surface area is 125 Å². The van der Waals surface area contributed by atoms with Crippen LogP contribution in [0.2, 0.25) is 0 Å². The van der Waals surface area contributed by atoms with Crippen LogP contribution in [-0.4, -0.2) is 46.7 Å². The summed E-state index contributed by atoms with van der Waals surface area (Å²) in [4.78, 5) is 11.8. The van der Waals surface area contributed by atoms with E-state index in [-0.39, 0.29) is 6.42 Å². The second-order valence-corrected chi connectivity index (χ2v) is 6.12. The van der Waals surface area contributed by atoms with Gasteiger partial charge in [-0.05, 0) is 24.8 Å². The van der Waals surface area contributed by atoms with E-state index in [1.165, 1.54) is 13.8 Å². The van der Waals surface area contributed by atoms with Gasteiger partial charge in [0.25, 0.3) is 0 Å². The van der Waals surface area contributed by atoms with Crippen LogP contribution in [0.25, 0.3) is 0 Å². The predicted octanol–water partition coefficient (Wildman–Crippen LogP) is 1.53. The molecule has 0 aromatic heterocycles. The average molecular weight is 324 g/mol. The molecule has 0 spiro atoms. The number of aliphatic hydroxyl groups is 2. The number of allylic oxidation sites excluding steroid dienone is 2. The van der Waals surface area contributed by atoms with Crippen molar-refractivity contribution in [3.05, 3.63) is 11.9 Å². The Bertz CT molecular complexity index is 467. The van der Waals surface area contributed by atoms with Gasteiger partial charge in [0.15, 0.2) is 12.5 Å². The van der Waals surface area contributed by atoms with Crippen LogP contribution in [0, 0.1) is 11.8 Å². The van der Waals surface area contributed by atoms with Crippen LogP contribution in [0.1, 0.15) is 26.7 Å². The lowest BCUT2D eigenvalue weighted by molar-refractivity contribution is -0.323. The number of ether oxygens (including phenoxy) is 2. The number of esters is 1. The van der Waals surface area contributed by atoms with Crippen molar-refractivity contribution in [2.75, 3.05) is 0 Å². The Kier molecular flexibility index (Phi) is 4.84. The van der Waals surface area contributed by atoms with Crippen LogP contribution in [-0.2, 0) is 14.3 Å². The number of aliphatic hydroxyl groups excluding tert-OH is 2. The first-order valence-corrected chi connectivity index (χ1v) is 7.03. The minimum atomic E-state index is -1.93. The molecule has 0 aromatic rings. The number of cyclic esters (lactones) is 1. The quantitative estimate of drug-likeness (QED) is 0.770. The van der Waals surface area contributed by atoms with Gasteiger partial charge in [-0.15, -0.1) is 0 Å². The summed E-state index contributed by atoms with van der Waals surface area (Å²) in [6, 6.07) is 0. The number of hydrogen-bond acceptors (Lipinski definition) is 5. The summed E-state index contributed by atoms with van der Waals surface area (Å²) in [5.41, 5.74) is 0. The molecule has 2 aliphatic rings. The summed E-state index contributed by atoms with van der Waals surface area (Å²) in [5, 5.41) is 19.9. The van der Waals surface area contributed by atoms with Gasteiger partial charge in [-0.1, -0.05) is 0 Å². The average Bonchev–Trinajstić information content (AvgIpc) is 2.33. The first-order valence-electron chi connectivity index (χ1n) is 7.03. The first kappa shape index (κ1) is 17.2. The normalized spacial score (nSPS) is 39.9. The van der Waals surface area contributed by atoms with E-state index in [4.69, 9.17) is 9.47 Å². The maximum atomic E-state index is 13.7. The molecule has 0 amide bonds. The minimum absolute atomic E-state index is 0.327.